The fourth-order valence-corrected chi connectivity index (χ4v) is 2.52. The molecule has 0 saturated heterocycles. The SMILES string of the molecule is Fc1ccc(C2=NC[C@@](CCl)(c3ccccc3)O2)cc1. The zero-order chi connectivity index (χ0) is 14.0. The van der Waals surface area contributed by atoms with Gasteiger partial charge in [-0.1, -0.05) is 30.3 Å². The van der Waals surface area contributed by atoms with E-state index in [9.17, 15) is 4.39 Å². The van der Waals surface area contributed by atoms with Crippen molar-refractivity contribution < 1.29 is 9.13 Å². The summed E-state index contributed by atoms with van der Waals surface area (Å²) in [6.45, 7) is 0.465. The van der Waals surface area contributed by atoms with Gasteiger partial charge in [0, 0.05) is 5.56 Å². The Morgan fingerprint density at radius 1 is 1.10 bits per heavy atom. The van der Waals surface area contributed by atoms with Crippen LogP contribution in [0.15, 0.2) is 59.6 Å². The van der Waals surface area contributed by atoms with Crippen molar-refractivity contribution in [2.24, 2.45) is 4.99 Å². The summed E-state index contributed by atoms with van der Waals surface area (Å²) in [5, 5.41) is 0. The largest absolute Gasteiger partial charge is 0.463 e. The monoisotopic (exact) mass is 289 g/mol. The molecule has 1 heterocycles. The molecule has 2 nitrogen and oxygen atoms in total. The zero-order valence-corrected chi connectivity index (χ0v) is 11.5. The highest BCUT2D eigenvalue weighted by molar-refractivity contribution is 6.19. The molecule has 0 amide bonds. The number of nitrogens with zero attached hydrogens (tertiary/aromatic N) is 1. The lowest BCUT2D eigenvalue weighted by Crippen LogP contribution is -2.32. The van der Waals surface area contributed by atoms with Gasteiger partial charge >= 0.3 is 0 Å². The van der Waals surface area contributed by atoms with Crippen molar-refractivity contribution in [1.82, 2.24) is 0 Å². The maximum Gasteiger partial charge on any atom is 0.217 e. The molecule has 0 radical (unpaired) electrons. The van der Waals surface area contributed by atoms with E-state index in [1.807, 2.05) is 30.3 Å². The smallest absolute Gasteiger partial charge is 0.217 e. The normalized spacial score (nSPS) is 21.4. The maximum atomic E-state index is 13.0. The van der Waals surface area contributed by atoms with Crippen LogP contribution in [0.4, 0.5) is 4.39 Å². The molecule has 4 heteroatoms. The van der Waals surface area contributed by atoms with E-state index in [1.165, 1.54) is 12.1 Å². The number of hydrogen-bond donors (Lipinski definition) is 0. The lowest BCUT2D eigenvalue weighted by Gasteiger charge is -2.26. The summed E-state index contributed by atoms with van der Waals surface area (Å²) in [6.07, 6.45) is 0. The van der Waals surface area contributed by atoms with Crippen LogP contribution in [0.1, 0.15) is 11.1 Å². The second-order valence-corrected chi connectivity index (χ2v) is 4.99. The number of ether oxygens (including phenoxy) is 1. The second kappa shape index (κ2) is 5.25. The summed E-state index contributed by atoms with van der Waals surface area (Å²) in [5.74, 6) is 0.541. The van der Waals surface area contributed by atoms with E-state index in [0.29, 0.717) is 18.3 Å². The molecular weight excluding hydrogens is 277 g/mol. The van der Waals surface area contributed by atoms with Gasteiger partial charge in [0.05, 0.1) is 12.4 Å². The van der Waals surface area contributed by atoms with Crippen molar-refractivity contribution in [2.45, 2.75) is 5.60 Å². The maximum absolute atomic E-state index is 13.0. The quantitative estimate of drug-likeness (QED) is 0.789. The highest BCUT2D eigenvalue weighted by Crippen LogP contribution is 2.33. The van der Waals surface area contributed by atoms with Crippen LogP contribution in [-0.2, 0) is 10.3 Å². The highest BCUT2D eigenvalue weighted by atomic mass is 35.5. The van der Waals surface area contributed by atoms with Crippen LogP contribution >= 0.6 is 11.6 Å². The minimum absolute atomic E-state index is 0.279. The number of aliphatic imine (C=N–C) groups is 1. The summed E-state index contributed by atoms with van der Waals surface area (Å²) in [5.41, 5.74) is 1.12. The van der Waals surface area contributed by atoms with Gasteiger partial charge in [-0.15, -0.1) is 11.6 Å². The third-order valence-electron chi connectivity index (χ3n) is 3.38. The summed E-state index contributed by atoms with van der Waals surface area (Å²) in [6, 6.07) is 15.9. The van der Waals surface area contributed by atoms with Crippen LogP contribution in [0.3, 0.4) is 0 Å². The lowest BCUT2D eigenvalue weighted by atomic mass is 9.96. The molecule has 1 aliphatic heterocycles. The van der Waals surface area contributed by atoms with Crippen molar-refractivity contribution >= 4 is 17.5 Å². The number of rotatable bonds is 3. The van der Waals surface area contributed by atoms with Gasteiger partial charge in [0.25, 0.3) is 0 Å². The molecule has 102 valence electrons. The molecule has 2 aromatic carbocycles. The van der Waals surface area contributed by atoms with E-state index in [4.69, 9.17) is 16.3 Å². The Bertz CT molecular complexity index is 627. The highest BCUT2D eigenvalue weighted by Gasteiger charge is 2.39. The Kier molecular flexibility index (Phi) is 3.45. The summed E-state index contributed by atoms with van der Waals surface area (Å²) in [7, 11) is 0. The van der Waals surface area contributed by atoms with E-state index in [0.717, 1.165) is 11.1 Å². The lowest BCUT2D eigenvalue weighted by molar-refractivity contribution is 0.112. The topological polar surface area (TPSA) is 21.6 Å². The van der Waals surface area contributed by atoms with Crippen molar-refractivity contribution in [2.75, 3.05) is 12.4 Å². The van der Waals surface area contributed by atoms with Gasteiger partial charge in [0.1, 0.15) is 5.82 Å². The Balaban J connectivity index is 1.88. The van der Waals surface area contributed by atoms with E-state index in [2.05, 4.69) is 4.99 Å². The van der Waals surface area contributed by atoms with E-state index >= 15 is 0 Å². The van der Waals surface area contributed by atoms with Gasteiger partial charge in [-0.2, -0.15) is 0 Å². The fraction of sp³-hybridized carbons (Fsp3) is 0.188. The molecule has 0 unspecified atom stereocenters. The average molecular weight is 290 g/mol. The number of benzene rings is 2. The van der Waals surface area contributed by atoms with E-state index in [-0.39, 0.29) is 5.82 Å². The third-order valence-corrected chi connectivity index (χ3v) is 3.81. The van der Waals surface area contributed by atoms with E-state index < -0.39 is 5.60 Å². The van der Waals surface area contributed by atoms with Crippen LogP contribution in [0.2, 0.25) is 0 Å². The number of alkyl halides is 1. The van der Waals surface area contributed by atoms with Crippen LogP contribution in [0.25, 0.3) is 0 Å². The first-order chi connectivity index (χ1) is 9.73. The van der Waals surface area contributed by atoms with Crippen molar-refractivity contribution in [1.29, 1.82) is 0 Å². The van der Waals surface area contributed by atoms with Crippen molar-refractivity contribution in [3.05, 3.63) is 71.5 Å². The summed E-state index contributed by atoms with van der Waals surface area (Å²) < 4.78 is 19.0. The molecule has 20 heavy (non-hydrogen) atoms. The number of halogens is 2. The molecular formula is C16H13ClFNO. The van der Waals surface area contributed by atoms with Crippen LogP contribution in [-0.4, -0.2) is 18.3 Å². The molecule has 0 N–H and O–H groups in total. The second-order valence-electron chi connectivity index (χ2n) is 4.72. The van der Waals surface area contributed by atoms with Gasteiger partial charge in [-0.25, -0.2) is 9.38 Å². The van der Waals surface area contributed by atoms with Gasteiger partial charge in [0.2, 0.25) is 5.90 Å². The summed E-state index contributed by atoms with van der Waals surface area (Å²) in [4.78, 5) is 4.42. The van der Waals surface area contributed by atoms with Crippen LogP contribution in [0, 0.1) is 5.82 Å². The Morgan fingerprint density at radius 3 is 2.45 bits per heavy atom. The van der Waals surface area contributed by atoms with Crippen molar-refractivity contribution in [3.8, 4) is 0 Å². The van der Waals surface area contributed by atoms with Gasteiger partial charge < -0.3 is 4.74 Å². The van der Waals surface area contributed by atoms with Gasteiger partial charge in [0.15, 0.2) is 5.60 Å². The van der Waals surface area contributed by atoms with E-state index in [1.54, 1.807) is 12.1 Å². The fourth-order valence-electron chi connectivity index (χ4n) is 2.23. The molecule has 0 aromatic heterocycles. The number of hydrogen-bond acceptors (Lipinski definition) is 2. The Morgan fingerprint density at radius 2 is 1.80 bits per heavy atom. The summed E-state index contributed by atoms with van der Waals surface area (Å²) >= 11 is 6.12. The molecule has 0 fully saturated rings. The Hall–Kier alpha value is -1.87. The molecule has 0 spiro atoms. The minimum Gasteiger partial charge on any atom is -0.463 e. The molecule has 1 atom stereocenters. The molecule has 0 saturated carbocycles. The first-order valence-electron chi connectivity index (χ1n) is 6.34. The zero-order valence-electron chi connectivity index (χ0n) is 10.7. The molecule has 0 bridgehead atoms. The Labute approximate surface area is 121 Å². The standard InChI is InChI=1S/C16H13ClFNO/c17-10-16(13-4-2-1-3-5-13)11-19-15(20-16)12-6-8-14(18)9-7-12/h1-9H,10-11H2/t16-/m0/s1. The first kappa shape index (κ1) is 13.1. The van der Waals surface area contributed by atoms with Gasteiger partial charge in [-0.3, -0.25) is 0 Å². The predicted octanol–water partition coefficient (Wildman–Crippen LogP) is 3.74. The average Bonchev–Trinajstić information content (AvgIpc) is 2.95. The van der Waals surface area contributed by atoms with Crippen LogP contribution in [0.5, 0.6) is 0 Å². The minimum atomic E-state index is -0.632. The van der Waals surface area contributed by atoms with Crippen molar-refractivity contribution in [3.63, 3.8) is 0 Å². The third kappa shape index (κ3) is 2.29. The first-order valence-corrected chi connectivity index (χ1v) is 6.88. The molecule has 2 aromatic rings. The molecule has 0 aliphatic carbocycles. The molecule has 3 rings (SSSR count). The van der Waals surface area contributed by atoms with Gasteiger partial charge in [-0.05, 0) is 29.8 Å². The predicted molar refractivity (Wildman–Crippen MR) is 77.7 cm³/mol. The van der Waals surface area contributed by atoms with Crippen LogP contribution < -0.4 is 0 Å². The molecule has 1 aliphatic rings.